The molecule has 19 nitrogen and oxygen atoms in total. The number of hydrogen-bond acceptors (Lipinski definition) is 15. The van der Waals surface area contributed by atoms with Crippen molar-refractivity contribution in [3.05, 3.63) is 188 Å². The molecule has 0 radical (unpaired) electrons. The van der Waals surface area contributed by atoms with E-state index in [9.17, 15) is 61.3 Å². The number of carbonyl (C=O) groups is 2. The van der Waals surface area contributed by atoms with E-state index in [1.54, 1.807) is 4.90 Å². The number of hydrogen-bond donors (Lipinski definition) is 1. The summed E-state index contributed by atoms with van der Waals surface area (Å²) in [5.74, 6) is 0.710. The van der Waals surface area contributed by atoms with E-state index in [0.717, 1.165) is 119 Å². The first-order valence-electron chi connectivity index (χ1n) is 29.6. The number of carboxylic acids is 1. The molecule has 4 aliphatic rings. The Hall–Kier alpha value is -7.79. The zero-order valence-corrected chi connectivity index (χ0v) is 51.2. The average Bonchev–Trinajstić information content (AvgIpc) is 1.75. The van der Waals surface area contributed by atoms with Crippen molar-refractivity contribution in [3.8, 4) is 23.0 Å². The van der Waals surface area contributed by atoms with Crippen LogP contribution in [0.25, 0.3) is 0 Å². The van der Waals surface area contributed by atoms with E-state index in [1.807, 2.05) is 84.9 Å². The van der Waals surface area contributed by atoms with Gasteiger partial charge in [-0.05, 0) is 90.3 Å². The number of anilines is 2. The van der Waals surface area contributed by atoms with Gasteiger partial charge < -0.3 is 61.3 Å². The summed E-state index contributed by atoms with van der Waals surface area (Å²) in [6.07, 6.45) is -7.21. The monoisotopic (exact) mass is 1280 g/mol. The predicted octanol–water partition coefficient (Wildman–Crippen LogP) is 3.03. The van der Waals surface area contributed by atoms with E-state index in [2.05, 4.69) is 49.2 Å². The van der Waals surface area contributed by atoms with Gasteiger partial charge in [0.25, 0.3) is 11.4 Å². The third-order valence-corrected chi connectivity index (χ3v) is 15.6. The van der Waals surface area contributed by atoms with Crippen LogP contribution in [0, 0.1) is 20.2 Å². The molecular formula is C64H72ClF6LiN8O11. The number of rotatable bonds is 20. The molecule has 27 heteroatoms. The molecule has 4 fully saturated rings. The van der Waals surface area contributed by atoms with Crippen LogP contribution in [-0.4, -0.2) is 140 Å². The van der Waals surface area contributed by atoms with Gasteiger partial charge >= 0.3 is 31.2 Å². The van der Waals surface area contributed by atoms with Crippen molar-refractivity contribution in [1.82, 2.24) is 14.7 Å². The summed E-state index contributed by atoms with van der Waals surface area (Å²) in [6, 6.07) is 41.9. The number of nitrogens with two attached hydrogens (primary N) is 1. The van der Waals surface area contributed by atoms with E-state index in [-0.39, 0.29) is 67.3 Å². The van der Waals surface area contributed by atoms with Crippen LogP contribution in [0.5, 0.6) is 23.0 Å². The summed E-state index contributed by atoms with van der Waals surface area (Å²) in [7, 11) is 0. The zero-order valence-electron chi connectivity index (χ0n) is 50.4. The minimum Gasteiger partial charge on any atom is -1.00 e. The molecule has 0 bridgehead atoms. The fourth-order valence-corrected chi connectivity index (χ4v) is 10.7. The van der Waals surface area contributed by atoms with Gasteiger partial charge in [0.15, 0.2) is 0 Å². The number of ether oxygens (including phenoxy) is 4. The van der Waals surface area contributed by atoms with Crippen LogP contribution in [0.2, 0.25) is 0 Å². The number of alkyl halides is 6. The normalized spacial score (nSPS) is 15.9. The van der Waals surface area contributed by atoms with Gasteiger partial charge in [-0.25, -0.2) is 0 Å². The van der Waals surface area contributed by atoms with Gasteiger partial charge in [-0.2, -0.15) is 26.3 Å². The van der Waals surface area contributed by atoms with E-state index >= 15 is 0 Å². The minimum absolute atomic E-state index is 0. The second-order valence-electron chi connectivity index (χ2n) is 21.8. The third kappa shape index (κ3) is 22.8. The molecule has 0 unspecified atom stereocenters. The van der Waals surface area contributed by atoms with E-state index in [1.165, 1.54) is 17.8 Å². The number of carbonyl (C=O) groups excluding carboxylic acids is 2. The van der Waals surface area contributed by atoms with Crippen LogP contribution in [0.3, 0.4) is 0 Å². The van der Waals surface area contributed by atoms with Crippen LogP contribution < -0.4 is 70.4 Å². The zero-order chi connectivity index (χ0) is 63.3. The molecule has 4 saturated heterocycles. The summed E-state index contributed by atoms with van der Waals surface area (Å²) in [6.45, 7) is 11.9. The molecular weight excluding hydrogens is 1210 g/mol. The average molecular weight is 1290 g/mol. The Bertz CT molecular complexity index is 3230. The van der Waals surface area contributed by atoms with E-state index < -0.39 is 50.7 Å². The van der Waals surface area contributed by atoms with Crippen molar-refractivity contribution >= 4 is 34.6 Å². The van der Waals surface area contributed by atoms with Gasteiger partial charge in [-0.1, -0.05) is 60.7 Å². The number of quaternary nitrogens is 1. The molecule has 91 heavy (non-hydrogen) atoms. The maximum absolute atomic E-state index is 13.3. The number of halogens is 7. The Morgan fingerprint density at radius 3 is 1.25 bits per heavy atom. The standard InChI is InChI=1S/C32H35F3N4O5.C20H24N2O3.C12H13F3N2O3.ClH.Li/c33-32(34,35)29-22-28(10-11-30(29)39(41)42)44-27-12-16-38(17-13-27)31(40)14-15-36-18-20-37(21-19-36)25-6-8-26(9-7-25)43-23-24-4-2-1-3-5-24;23-20(24)10-11-21-12-14-22(15-13-21)18-6-8-19(9-7-18)25-16-17-4-2-1-3-5-17;13-12(14,15)10-7-9(1-2-11(10)17(18)19)20-8-3-5-16-6-4-8;;/h1-11,22,27H,12-21,23H2;1-9H,10-16H2,(H,23,24);1-2,7-8,16H,3-6H2;1H;/q;;;;+1/p-1. The van der Waals surface area contributed by atoms with Crippen molar-refractivity contribution < 1.29 is 106 Å². The number of carboxylic acid groups (broad SMARTS) is 1. The van der Waals surface area contributed by atoms with Crippen LogP contribution in [-0.2, 0) is 35.2 Å². The fraction of sp³-hybridized carbons (Fsp3) is 0.406. The summed E-state index contributed by atoms with van der Waals surface area (Å²) in [5, 5.41) is 34.3. The first-order valence-corrected chi connectivity index (χ1v) is 29.6. The molecule has 0 spiro atoms. The topological polar surface area (TPSA) is 213 Å². The molecule has 4 heterocycles. The van der Waals surface area contributed by atoms with Crippen molar-refractivity contribution in [3.63, 3.8) is 0 Å². The summed E-state index contributed by atoms with van der Waals surface area (Å²) in [5.41, 5.74) is 0.00714. The van der Waals surface area contributed by atoms with Crippen LogP contribution >= 0.6 is 0 Å². The number of benzene rings is 6. The molecule has 0 aromatic heterocycles. The van der Waals surface area contributed by atoms with Gasteiger partial charge in [0, 0.05) is 140 Å². The first kappa shape index (κ1) is 72.3. The SMILES string of the molecule is O=C(CCN1CCN(c2ccc(OCc3ccccc3)cc2)CC1)N1CCC(Oc2ccc([N+](=O)[O-])c(C(F)(F)F)c2)CC1.O=C([O-])CCN1CCN(c2ccc(OCc3ccccc3)cc2)CC1.O=[N+]([O-])c1ccc(OC2CC[NH2+]CC2)cc1C(F)(F)F.[Cl-].[Li+]. The fourth-order valence-electron chi connectivity index (χ4n) is 10.7. The summed E-state index contributed by atoms with van der Waals surface area (Å²) < 4.78 is 101. The molecule has 10 rings (SSSR count). The van der Waals surface area contributed by atoms with Crippen LogP contribution in [0.1, 0.15) is 60.8 Å². The summed E-state index contributed by atoms with van der Waals surface area (Å²) in [4.78, 5) is 53.8. The molecule has 6 aromatic rings. The molecule has 4 aliphatic heterocycles. The van der Waals surface area contributed by atoms with E-state index in [0.29, 0.717) is 70.8 Å². The quantitative estimate of drug-likeness (QED) is 0.0504. The Labute approximate surface area is 542 Å². The van der Waals surface area contributed by atoms with Gasteiger partial charge in [0.1, 0.15) is 59.5 Å². The first-order chi connectivity index (χ1) is 42.7. The Kier molecular flexibility index (Phi) is 27.9. The maximum atomic E-state index is 13.3. The number of piperidine rings is 2. The van der Waals surface area contributed by atoms with Gasteiger partial charge in [0.05, 0.1) is 22.9 Å². The van der Waals surface area contributed by atoms with Crippen molar-refractivity contribution in [2.45, 2.75) is 76.3 Å². The largest absolute Gasteiger partial charge is 1.00 e. The van der Waals surface area contributed by atoms with Crippen LogP contribution in [0.4, 0.5) is 49.1 Å². The van der Waals surface area contributed by atoms with Crippen molar-refractivity contribution in [2.75, 3.05) is 101 Å². The summed E-state index contributed by atoms with van der Waals surface area (Å²) >= 11 is 0. The molecule has 0 atom stereocenters. The number of likely N-dealkylation sites (tertiary alicyclic amines) is 1. The molecule has 6 aromatic carbocycles. The number of amides is 1. The third-order valence-electron chi connectivity index (χ3n) is 15.6. The van der Waals surface area contributed by atoms with Gasteiger partial charge in [-0.15, -0.1) is 0 Å². The number of nitro groups is 2. The number of nitro benzene ring substituents is 2. The second-order valence-corrected chi connectivity index (χ2v) is 21.8. The molecule has 0 saturated carbocycles. The van der Waals surface area contributed by atoms with Gasteiger partial charge in [-0.3, -0.25) is 34.8 Å². The minimum atomic E-state index is -4.87. The predicted molar refractivity (Wildman–Crippen MR) is 318 cm³/mol. The maximum Gasteiger partial charge on any atom is 1.00 e. The second kappa shape index (κ2) is 35.1. The molecule has 1 amide bonds. The van der Waals surface area contributed by atoms with Crippen molar-refractivity contribution in [1.29, 1.82) is 0 Å². The number of nitrogens with zero attached hydrogens (tertiary/aromatic N) is 7. The number of piperazine rings is 2. The van der Waals surface area contributed by atoms with Gasteiger partial charge in [0.2, 0.25) is 5.91 Å². The number of aliphatic carboxylic acids is 1. The molecule has 2 N–H and O–H groups in total. The smallest absolute Gasteiger partial charge is 1.00 e. The Balaban J connectivity index is 0.000000237. The Morgan fingerprint density at radius 1 is 0.505 bits per heavy atom. The Morgan fingerprint density at radius 2 is 0.879 bits per heavy atom. The van der Waals surface area contributed by atoms with Crippen molar-refractivity contribution in [2.24, 2.45) is 0 Å². The molecule has 484 valence electrons. The molecule has 0 aliphatic carbocycles. The van der Waals surface area contributed by atoms with Crippen LogP contribution in [0.15, 0.2) is 146 Å². The van der Waals surface area contributed by atoms with E-state index in [4.69, 9.17) is 18.9 Å².